The number of allylic oxidation sites excluding steroid dienone is 5. The van der Waals surface area contributed by atoms with E-state index >= 15 is 0 Å². The number of para-hydroxylation sites is 1. The number of imidazole rings is 1. The molecule has 0 saturated carbocycles. The maximum Gasteiger partial charge on any atom is 0.145 e. The van der Waals surface area contributed by atoms with Gasteiger partial charge in [0.05, 0.1) is 17.4 Å². The minimum absolute atomic E-state index is 0.250. The first-order valence-electron chi connectivity index (χ1n) is 16.2. The number of hydrogen-bond donors (Lipinski definition) is 0. The molecule has 0 saturated heterocycles. The minimum atomic E-state index is 0.250. The van der Waals surface area contributed by atoms with Crippen LogP contribution in [0.5, 0.6) is 0 Å². The third kappa shape index (κ3) is 7.44. The molecule has 4 heteroatoms. The van der Waals surface area contributed by atoms with Crippen LogP contribution in [-0.4, -0.2) is 15.6 Å². The van der Waals surface area contributed by atoms with Gasteiger partial charge < -0.3 is 0 Å². The topological polar surface area (TPSA) is 17.3 Å². The third-order valence-corrected chi connectivity index (χ3v) is 8.52. The van der Waals surface area contributed by atoms with Crippen molar-refractivity contribution in [2.75, 3.05) is 6.26 Å². The zero-order chi connectivity index (χ0) is 33.3. The number of hydrogen-bond acceptors (Lipinski definition) is 2. The molecule has 1 unspecified atom stereocenters. The van der Waals surface area contributed by atoms with Crippen molar-refractivity contribution in [1.82, 2.24) is 9.38 Å². The quantitative estimate of drug-likeness (QED) is 0.133. The lowest BCUT2D eigenvalue weighted by molar-refractivity contribution is 0.740. The van der Waals surface area contributed by atoms with Crippen molar-refractivity contribution in [2.45, 2.75) is 87.5 Å². The Morgan fingerprint density at radius 3 is 2.13 bits per heavy atom. The minimum Gasteiger partial charge on any atom is -0.292 e. The number of unbranched alkanes of at least 4 members (excludes halogenated alkanes) is 1. The van der Waals surface area contributed by atoms with Crippen LogP contribution in [0.25, 0.3) is 44.0 Å². The molecule has 1 atom stereocenters. The molecule has 0 aliphatic heterocycles. The van der Waals surface area contributed by atoms with Crippen LogP contribution in [0.1, 0.15) is 96.0 Å². The van der Waals surface area contributed by atoms with E-state index in [0.717, 1.165) is 28.9 Å². The molecule has 5 rings (SSSR count). The molecule has 3 aromatic carbocycles. The fraction of sp³-hybridized carbons (Fsp3) is 0.341. The summed E-state index contributed by atoms with van der Waals surface area (Å²) >= 11 is 0.250. The summed E-state index contributed by atoms with van der Waals surface area (Å²) in [7, 11) is 0. The summed E-state index contributed by atoms with van der Waals surface area (Å²) in [5.41, 5.74) is 13.2. The van der Waals surface area contributed by atoms with Crippen molar-refractivity contribution in [3.05, 3.63) is 113 Å². The van der Waals surface area contributed by atoms with Crippen molar-refractivity contribution in [3.8, 4) is 11.1 Å². The second kappa shape index (κ2) is 16.6. The second-order valence-electron chi connectivity index (χ2n) is 11.8. The second-order valence-corrected chi connectivity index (χ2v) is 12.1. The van der Waals surface area contributed by atoms with Crippen LogP contribution in [0.15, 0.2) is 90.7 Å². The van der Waals surface area contributed by atoms with Crippen LogP contribution in [0, 0.1) is 13.8 Å². The summed E-state index contributed by atoms with van der Waals surface area (Å²) in [4.78, 5) is 5.16. The monoisotopic (exact) mass is 622 g/mol. The van der Waals surface area contributed by atoms with Gasteiger partial charge in [-0.25, -0.2) is 4.98 Å². The van der Waals surface area contributed by atoms with Crippen LogP contribution in [0.2, 0.25) is 0 Å². The lowest BCUT2D eigenvalue weighted by Gasteiger charge is -2.21. The standard InChI is InChI=1S/C36H38N2.C4H10.CH3FS/c1-9-14-24(6)32(22(3)4)31-21-37-36-35-27(23(5)10-2)19-20-29(33-25(7)15-13-16-26(33)8)34(35)28-17-11-12-18-30(28)38(31)36;1-3-4-2;1-3-2/h9,11-21,23H,3,10H2,1-2,4-8H3;3-4H2,1-2H3;1H3/b14-9-,32-24+;;. The molecule has 2 aromatic heterocycles. The highest BCUT2D eigenvalue weighted by Crippen LogP contribution is 2.43. The number of pyridine rings is 1. The molecule has 238 valence electrons. The Balaban J connectivity index is 0.000000719. The maximum absolute atomic E-state index is 10.2. The van der Waals surface area contributed by atoms with Crippen LogP contribution >= 0.6 is 12.1 Å². The van der Waals surface area contributed by atoms with Gasteiger partial charge in [0.1, 0.15) is 5.65 Å². The first kappa shape index (κ1) is 35.8. The molecule has 0 spiro atoms. The van der Waals surface area contributed by atoms with Gasteiger partial charge >= 0.3 is 0 Å². The van der Waals surface area contributed by atoms with Gasteiger partial charge in [-0.15, -0.1) is 0 Å². The maximum atomic E-state index is 10.2. The summed E-state index contributed by atoms with van der Waals surface area (Å²) in [6.07, 6.45) is 11.4. The van der Waals surface area contributed by atoms with Gasteiger partial charge in [-0.1, -0.05) is 108 Å². The smallest absolute Gasteiger partial charge is 0.145 e. The summed E-state index contributed by atoms with van der Waals surface area (Å²) < 4.78 is 12.6. The van der Waals surface area contributed by atoms with E-state index in [2.05, 4.69) is 140 Å². The van der Waals surface area contributed by atoms with E-state index in [-0.39, 0.29) is 12.1 Å². The van der Waals surface area contributed by atoms with Crippen LogP contribution < -0.4 is 0 Å². The van der Waals surface area contributed by atoms with Gasteiger partial charge in [0.15, 0.2) is 0 Å². The molecule has 0 radical (unpaired) electrons. The van der Waals surface area contributed by atoms with E-state index < -0.39 is 0 Å². The average molecular weight is 623 g/mol. The fourth-order valence-electron chi connectivity index (χ4n) is 6.14. The molecular formula is C41H51FN2S. The number of benzene rings is 3. The number of aryl methyl sites for hydroxylation is 2. The summed E-state index contributed by atoms with van der Waals surface area (Å²) in [6.45, 7) is 24.1. The molecule has 2 nitrogen and oxygen atoms in total. The van der Waals surface area contributed by atoms with E-state index in [9.17, 15) is 3.89 Å². The highest BCUT2D eigenvalue weighted by atomic mass is 32.2. The van der Waals surface area contributed by atoms with Gasteiger partial charge in [0.2, 0.25) is 0 Å². The Morgan fingerprint density at radius 2 is 1.58 bits per heavy atom. The molecule has 0 amide bonds. The average Bonchev–Trinajstić information content (AvgIpc) is 3.45. The molecule has 0 fully saturated rings. The predicted molar refractivity (Wildman–Crippen MR) is 201 cm³/mol. The van der Waals surface area contributed by atoms with Gasteiger partial charge in [0.25, 0.3) is 0 Å². The van der Waals surface area contributed by atoms with Gasteiger partial charge in [-0.2, -0.15) is 3.89 Å². The molecule has 45 heavy (non-hydrogen) atoms. The van der Waals surface area contributed by atoms with Crippen LogP contribution in [0.3, 0.4) is 0 Å². The van der Waals surface area contributed by atoms with Gasteiger partial charge in [-0.05, 0) is 92.0 Å². The first-order chi connectivity index (χ1) is 21.6. The predicted octanol–water partition coefficient (Wildman–Crippen LogP) is 13.4. The summed E-state index contributed by atoms with van der Waals surface area (Å²) in [5, 5.41) is 3.81. The number of halogens is 1. The molecule has 0 aliphatic rings. The van der Waals surface area contributed by atoms with E-state index in [1.165, 1.54) is 74.2 Å². The van der Waals surface area contributed by atoms with E-state index in [0.29, 0.717) is 5.92 Å². The molecule has 0 aliphatic carbocycles. The molecule has 2 heterocycles. The van der Waals surface area contributed by atoms with E-state index in [4.69, 9.17) is 4.98 Å². The number of fused-ring (bicyclic) bond motifs is 6. The summed E-state index contributed by atoms with van der Waals surface area (Å²) in [6, 6.07) is 20.1. The Morgan fingerprint density at radius 1 is 0.956 bits per heavy atom. The normalized spacial score (nSPS) is 12.5. The molecule has 5 aromatic rings. The Hall–Kier alpha value is -3.63. The van der Waals surface area contributed by atoms with E-state index in [1.807, 2.05) is 6.20 Å². The molecular weight excluding hydrogens is 572 g/mol. The molecule has 0 bridgehead atoms. The Kier molecular flexibility index (Phi) is 13.2. The SMILES string of the molecule is C=C(C)/C(=C(C)\C=C/C)c1cnc2c3c(C(C)CC)ccc(-c4c(C)cccc4C)c3c3ccccc3n12.CCCC.CSF. The first-order valence-corrected chi connectivity index (χ1v) is 17.3. The number of rotatable bonds is 7. The zero-order valence-corrected chi connectivity index (χ0v) is 29.8. The fourth-order valence-corrected chi connectivity index (χ4v) is 6.14. The largest absolute Gasteiger partial charge is 0.292 e. The lowest BCUT2D eigenvalue weighted by Crippen LogP contribution is -2.02. The summed E-state index contributed by atoms with van der Waals surface area (Å²) in [5.74, 6) is 0.413. The van der Waals surface area contributed by atoms with E-state index in [1.54, 1.807) is 0 Å². The van der Waals surface area contributed by atoms with Gasteiger partial charge in [0, 0.05) is 40.1 Å². The van der Waals surface area contributed by atoms with Crippen LogP contribution in [0.4, 0.5) is 3.89 Å². The molecule has 0 N–H and O–H groups in total. The van der Waals surface area contributed by atoms with Crippen molar-refractivity contribution >= 4 is 45.0 Å². The Labute approximate surface area is 275 Å². The van der Waals surface area contributed by atoms with Crippen molar-refractivity contribution in [3.63, 3.8) is 0 Å². The van der Waals surface area contributed by atoms with Crippen LogP contribution in [-0.2, 0) is 0 Å². The lowest BCUT2D eigenvalue weighted by atomic mass is 9.85. The highest BCUT2D eigenvalue weighted by molar-refractivity contribution is 7.93. The number of aromatic nitrogens is 2. The Bertz CT molecular complexity index is 1820. The van der Waals surface area contributed by atoms with Crippen molar-refractivity contribution in [2.24, 2.45) is 0 Å². The van der Waals surface area contributed by atoms with Crippen molar-refractivity contribution in [1.29, 1.82) is 0 Å². The van der Waals surface area contributed by atoms with Crippen molar-refractivity contribution < 1.29 is 3.89 Å². The third-order valence-electron chi connectivity index (χ3n) is 8.52. The number of nitrogens with zero attached hydrogens (tertiary/aromatic N) is 2. The highest BCUT2D eigenvalue weighted by Gasteiger charge is 2.23. The zero-order valence-electron chi connectivity index (χ0n) is 29.0. The van der Waals surface area contributed by atoms with Gasteiger partial charge in [-0.3, -0.25) is 4.40 Å².